The van der Waals surface area contributed by atoms with Crippen molar-refractivity contribution in [3.05, 3.63) is 64.8 Å². The second-order valence-electron chi connectivity index (χ2n) is 5.36. The molecule has 0 radical (unpaired) electrons. The predicted molar refractivity (Wildman–Crippen MR) is 102 cm³/mol. The molecular formula is C19H18BrNO2S. The lowest BCUT2D eigenvalue weighted by Crippen LogP contribution is -2.12. The SMILES string of the molecule is CCOC(=O)Cn1cc(SCc2ccc(Br)cc2)c2ccccc21. The first kappa shape index (κ1) is 17.1. The third kappa shape index (κ3) is 4.02. The van der Waals surface area contributed by atoms with E-state index in [1.807, 2.05) is 35.9 Å². The zero-order chi connectivity index (χ0) is 16.9. The molecule has 0 aliphatic carbocycles. The Morgan fingerprint density at radius 3 is 2.67 bits per heavy atom. The summed E-state index contributed by atoms with van der Waals surface area (Å²) in [5.74, 6) is 0.684. The Morgan fingerprint density at radius 2 is 1.92 bits per heavy atom. The molecule has 0 spiro atoms. The van der Waals surface area contributed by atoms with E-state index in [0.29, 0.717) is 6.61 Å². The lowest BCUT2D eigenvalue weighted by molar-refractivity contribution is -0.143. The van der Waals surface area contributed by atoms with Crippen LogP contribution in [0.15, 0.2) is 64.1 Å². The van der Waals surface area contributed by atoms with E-state index in [1.165, 1.54) is 15.8 Å². The summed E-state index contributed by atoms with van der Waals surface area (Å²) in [5, 5.41) is 1.17. The van der Waals surface area contributed by atoms with Gasteiger partial charge >= 0.3 is 5.97 Å². The first-order chi connectivity index (χ1) is 11.7. The Labute approximate surface area is 154 Å². The number of carbonyl (C=O) groups is 1. The van der Waals surface area contributed by atoms with Gasteiger partial charge in [-0.15, -0.1) is 11.8 Å². The number of fused-ring (bicyclic) bond motifs is 1. The van der Waals surface area contributed by atoms with Crippen LogP contribution in [0.5, 0.6) is 0 Å². The average molecular weight is 404 g/mol. The Balaban J connectivity index is 1.82. The molecule has 0 saturated carbocycles. The number of ether oxygens (including phenoxy) is 1. The molecule has 0 aliphatic rings. The number of rotatable bonds is 6. The van der Waals surface area contributed by atoms with Gasteiger partial charge in [0.25, 0.3) is 0 Å². The van der Waals surface area contributed by atoms with E-state index in [0.717, 1.165) is 15.7 Å². The van der Waals surface area contributed by atoms with Gasteiger partial charge in [-0.3, -0.25) is 4.79 Å². The highest BCUT2D eigenvalue weighted by molar-refractivity contribution is 9.10. The molecule has 0 unspecified atom stereocenters. The first-order valence-electron chi connectivity index (χ1n) is 7.78. The smallest absolute Gasteiger partial charge is 0.325 e. The Hall–Kier alpha value is -1.72. The molecule has 3 rings (SSSR count). The van der Waals surface area contributed by atoms with Crippen molar-refractivity contribution in [1.82, 2.24) is 4.57 Å². The number of halogens is 1. The van der Waals surface area contributed by atoms with Crippen LogP contribution in [0.1, 0.15) is 12.5 Å². The summed E-state index contributed by atoms with van der Waals surface area (Å²) in [6, 6.07) is 16.5. The summed E-state index contributed by atoms with van der Waals surface area (Å²) in [6.45, 7) is 2.47. The molecule has 3 aromatic rings. The fourth-order valence-electron chi connectivity index (χ4n) is 2.55. The molecule has 124 valence electrons. The second-order valence-corrected chi connectivity index (χ2v) is 7.29. The summed E-state index contributed by atoms with van der Waals surface area (Å²) in [6.07, 6.45) is 2.05. The largest absolute Gasteiger partial charge is 0.465 e. The van der Waals surface area contributed by atoms with Crippen molar-refractivity contribution in [1.29, 1.82) is 0 Å². The van der Waals surface area contributed by atoms with Crippen LogP contribution in [0.2, 0.25) is 0 Å². The van der Waals surface area contributed by atoms with Gasteiger partial charge in [-0.1, -0.05) is 46.3 Å². The van der Waals surface area contributed by atoms with Gasteiger partial charge in [0, 0.05) is 32.2 Å². The van der Waals surface area contributed by atoms with Gasteiger partial charge in [-0.05, 0) is 30.7 Å². The molecule has 0 fully saturated rings. The Bertz CT molecular complexity index is 842. The molecule has 1 heterocycles. The van der Waals surface area contributed by atoms with Crippen LogP contribution in [0.3, 0.4) is 0 Å². The van der Waals surface area contributed by atoms with E-state index in [-0.39, 0.29) is 12.5 Å². The summed E-state index contributed by atoms with van der Waals surface area (Å²) >= 11 is 5.24. The summed E-state index contributed by atoms with van der Waals surface area (Å²) < 4.78 is 8.13. The molecule has 0 aliphatic heterocycles. The standard InChI is InChI=1S/C19H18BrNO2S/c1-2-23-19(22)12-21-11-18(16-5-3-4-6-17(16)21)24-13-14-7-9-15(20)10-8-14/h3-11H,2,12-13H2,1H3. The molecule has 24 heavy (non-hydrogen) atoms. The number of aromatic nitrogens is 1. The van der Waals surface area contributed by atoms with Gasteiger partial charge in [0.1, 0.15) is 6.54 Å². The van der Waals surface area contributed by atoms with Crippen LogP contribution in [0.25, 0.3) is 10.9 Å². The number of nitrogens with zero attached hydrogens (tertiary/aromatic N) is 1. The summed E-state index contributed by atoms with van der Waals surface area (Å²) in [7, 11) is 0. The van der Waals surface area contributed by atoms with Crippen molar-refractivity contribution in [2.45, 2.75) is 24.1 Å². The van der Waals surface area contributed by atoms with E-state index in [9.17, 15) is 4.79 Å². The van der Waals surface area contributed by atoms with E-state index < -0.39 is 0 Å². The second kappa shape index (κ2) is 7.90. The van der Waals surface area contributed by atoms with Gasteiger partial charge in [0.05, 0.1) is 6.61 Å². The first-order valence-corrected chi connectivity index (χ1v) is 9.56. The maximum Gasteiger partial charge on any atom is 0.325 e. The lowest BCUT2D eigenvalue weighted by Gasteiger charge is -2.04. The summed E-state index contributed by atoms with van der Waals surface area (Å²) in [4.78, 5) is 13.0. The zero-order valence-electron chi connectivity index (χ0n) is 13.4. The molecule has 0 amide bonds. The molecule has 5 heteroatoms. The highest BCUT2D eigenvalue weighted by Gasteiger charge is 2.12. The normalized spacial score (nSPS) is 10.9. The number of thioether (sulfide) groups is 1. The van der Waals surface area contributed by atoms with Crippen LogP contribution in [0, 0.1) is 0 Å². The molecule has 3 nitrogen and oxygen atoms in total. The van der Waals surface area contributed by atoms with Gasteiger partial charge in [-0.2, -0.15) is 0 Å². The minimum Gasteiger partial charge on any atom is -0.465 e. The van der Waals surface area contributed by atoms with Crippen LogP contribution in [-0.2, 0) is 21.8 Å². The van der Waals surface area contributed by atoms with Crippen molar-refractivity contribution < 1.29 is 9.53 Å². The highest BCUT2D eigenvalue weighted by atomic mass is 79.9. The van der Waals surface area contributed by atoms with Crippen LogP contribution in [-0.4, -0.2) is 17.1 Å². The number of carbonyl (C=O) groups excluding carboxylic acids is 1. The van der Waals surface area contributed by atoms with Gasteiger partial charge in [-0.25, -0.2) is 0 Å². The summed E-state index contributed by atoms with van der Waals surface area (Å²) in [5.41, 5.74) is 2.33. The van der Waals surface area contributed by atoms with Crippen molar-refractivity contribution in [2.75, 3.05) is 6.61 Å². The van der Waals surface area contributed by atoms with Crippen molar-refractivity contribution >= 4 is 44.6 Å². The van der Waals surface area contributed by atoms with Crippen LogP contribution in [0.4, 0.5) is 0 Å². The number of esters is 1. The van der Waals surface area contributed by atoms with Crippen LogP contribution >= 0.6 is 27.7 Å². The highest BCUT2D eigenvalue weighted by Crippen LogP contribution is 2.32. The number of para-hydroxylation sites is 1. The van der Waals surface area contributed by atoms with E-state index >= 15 is 0 Å². The molecule has 0 saturated heterocycles. The Morgan fingerprint density at radius 1 is 1.17 bits per heavy atom. The fraction of sp³-hybridized carbons (Fsp3) is 0.211. The van der Waals surface area contributed by atoms with E-state index in [4.69, 9.17) is 4.74 Å². The van der Waals surface area contributed by atoms with E-state index in [1.54, 1.807) is 11.8 Å². The van der Waals surface area contributed by atoms with Gasteiger partial charge < -0.3 is 9.30 Å². The topological polar surface area (TPSA) is 31.2 Å². The number of benzene rings is 2. The molecule has 0 bridgehead atoms. The van der Waals surface area contributed by atoms with E-state index in [2.05, 4.69) is 46.3 Å². The Kier molecular flexibility index (Phi) is 5.63. The van der Waals surface area contributed by atoms with Crippen molar-refractivity contribution in [3.63, 3.8) is 0 Å². The fourth-order valence-corrected chi connectivity index (χ4v) is 3.86. The molecule has 2 aromatic carbocycles. The lowest BCUT2D eigenvalue weighted by atomic mass is 10.2. The zero-order valence-corrected chi connectivity index (χ0v) is 15.8. The van der Waals surface area contributed by atoms with Crippen molar-refractivity contribution in [2.24, 2.45) is 0 Å². The molecular weight excluding hydrogens is 386 g/mol. The van der Waals surface area contributed by atoms with Crippen LogP contribution < -0.4 is 0 Å². The quantitative estimate of drug-likeness (QED) is 0.415. The molecule has 0 atom stereocenters. The van der Waals surface area contributed by atoms with Gasteiger partial charge in [0.15, 0.2) is 0 Å². The van der Waals surface area contributed by atoms with Crippen molar-refractivity contribution in [3.8, 4) is 0 Å². The molecule has 1 aromatic heterocycles. The predicted octanol–water partition coefficient (Wildman–Crippen LogP) is 5.26. The maximum atomic E-state index is 11.8. The average Bonchev–Trinajstić information content (AvgIpc) is 2.93. The minimum atomic E-state index is -0.206. The number of hydrogen-bond donors (Lipinski definition) is 0. The monoisotopic (exact) mass is 403 g/mol. The number of hydrogen-bond acceptors (Lipinski definition) is 3. The maximum absolute atomic E-state index is 11.8. The third-order valence-corrected chi connectivity index (χ3v) is 5.31. The third-order valence-electron chi connectivity index (χ3n) is 3.66. The van der Waals surface area contributed by atoms with Gasteiger partial charge in [0.2, 0.25) is 0 Å². The minimum absolute atomic E-state index is 0.206. The molecule has 0 N–H and O–H groups in total.